The van der Waals surface area contributed by atoms with Crippen molar-refractivity contribution in [3.63, 3.8) is 0 Å². The first-order valence-corrected chi connectivity index (χ1v) is 3.83. The van der Waals surface area contributed by atoms with E-state index in [0.29, 0.717) is 11.3 Å². The molecule has 0 N–H and O–H groups in total. The quantitative estimate of drug-likeness (QED) is 0.765. The zero-order valence-electron chi connectivity index (χ0n) is 7.20. The predicted molar refractivity (Wildman–Crippen MR) is 57.1 cm³/mol. The van der Waals surface area contributed by atoms with Crippen molar-refractivity contribution in [1.29, 1.82) is 0 Å². The molecule has 0 fully saturated rings. The summed E-state index contributed by atoms with van der Waals surface area (Å²) >= 11 is 0. The van der Waals surface area contributed by atoms with Crippen LogP contribution in [0.5, 0.6) is 0 Å². The number of hydrogen-bond donors (Lipinski definition) is 0. The fourth-order valence-corrected chi connectivity index (χ4v) is 1.11. The molecule has 72 valence electrons. The van der Waals surface area contributed by atoms with E-state index in [4.69, 9.17) is 0 Å². The van der Waals surface area contributed by atoms with Gasteiger partial charge in [0.05, 0.1) is 18.1 Å². The molecule has 1 aromatic carbocycles. The van der Waals surface area contributed by atoms with Gasteiger partial charge in [0, 0.05) is 5.56 Å². The zero-order chi connectivity index (χ0) is 9.10. The van der Waals surface area contributed by atoms with Crippen LogP contribution in [0.25, 0.3) is 5.69 Å². The third kappa shape index (κ3) is 1.88. The van der Waals surface area contributed by atoms with Gasteiger partial charge in [-0.05, 0) is 12.1 Å². The summed E-state index contributed by atoms with van der Waals surface area (Å²) in [4.78, 5) is 12.1. The minimum absolute atomic E-state index is 0. The Balaban J connectivity index is 0.000000980. The summed E-state index contributed by atoms with van der Waals surface area (Å²) in [5.41, 5.74) is 1.28. The minimum Gasteiger partial charge on any atom is -0.298 e. The Morgan fingerprint density at radius 2 is 1.79 bits per heavy atom. The molecule has 0 aliphatic rings. The summed E-state index contributed by atoms with van der Waals surface area (Å²) in [5, 5.41) is 7.88. The topological polar surface area (TPSA) is 47.8 Å². The molecule has 0 aliphatic heterocycles. The molecule has 0 radical (unpaired) electrons. The van der Waals surface area contributed by atoms with Gasteiger partial charge < -0.3 is 0 Å². The number of halogens is 1. The lowest BCUT2D eigenvalue weighted by atomic mass is 10.2. The van der Waals surface area contributed by atoms with Gasteiger partial charge >= 0.3 is 0 Å². The molecule has 2 rings (SSSR count). The first-order chi connectivity index (χ1) is 6.42. The van der Waals surface area contributed by atoms with Gasteiger partial charge in [0.25, 0.3) is 0 Å². The van der Waals surface area contributed by atoms with Crippen molar-refractivity contribution < 1.29 is 4.79 Å². The molecule has 0 atom stereocenters. The maximum Gasteiger partial charge on any atom is 0.152 e. The highest BCUT2D eigenvalue weighted by molar-refractivity contribution is 8.93. The molecule has 0 saturated heterocycles. The van der Waals surface area contributed by atoms with E-state index in [9.17, 15) is 4.79 Å². The van der Waals surface area contributed by atoms with Gasteiger partial charge in [0.1, 0.15) is 0 Å². The minimum atomic E-state index is 0. The summed E-state index contributed by atoms with van der Waals surface area (Å²) in [5.74, 6) is 0. The fraction of sp³-hybridized carbons (Fsp3) is 0. The number of rotatable bonds is 2. The monoisotopic (exact) mass is 253 g/mol. The molecular formula is C9H8BrN3O. The summed E-state index contributed by atoms with van der Waals surface area (Å²) in [6, 6.07) is 7.16. The van der Waals surface area contributed by atoms with Crippen LogP contribution in [-0.4, -0.2) is 21.3 Å². The summed E-state index contributed by atoms with van der Waals surface area (Å²) in [7, 11) is 0. The maximum atomic E-state index is 10.7. The second kappa shape index (κ2) is 4.66. The molecule has 1 heterocycles. The first kappa shape index (κ1) is 10.6. The van der Waals surface area contributed by atoms with Crippen molar-refractivity contribution in [3.05, 3.63) is 42.2 Å². The van der Waals surface area contributed by atoms with Gasteiger partial charge in [-0.2, -0.15) is 15.0 Å². The fourth-order valence-electron chi connectivity index (χ4n) is 1.11. The number of benzene rings is 1. The SMILES string of the molecule is Br.O=Cc1ccccc1-n1nccn1. The molecule has 5 heteroatoms. The standard InChI is InChI=1S/C9H7N3O.BrH/c13-7-8-3-1-2-4-9(8)12-10-5-6-11-12;/h1-7H;1H. The van der Waals surface area contributed by atoms with Gasteiger partial charge in [-0.3, -0.25) is 4.79 Å². The summed E-state index contributed by atoms with van der Waals surface area (Å²) in [6.45, 7) is 0. The van der Waals surface area contributed by atoms with Crippen LogP contribution in [0.2, 0.25) is 0 Å². The second-order valence-corrected chi connectivity index (χ2v) is 2.50. The Labute approximate surface area is 91.3 Å². The molecule has 0 amide bonds. The average Bonchev–Trinajstić information content (AvgIpc) is 2.70. The van der Waals surface area contributed by atoms with Crippen LogP contribution in [0.4, 0.5) is 0 Å². The highest BCUT2D eigenvalue weighted by atomic mass is 79.9. The Morgan fingerprint density at radius 3 is 2.43 bits per heavy atom. The largest absolute Gasteiger partial charge is 0.298 e. The third-order valence-electron chi connectivity index (χ3n) is 1.70. The van der Waals surface area contributed by atoms with Crippen molar-refractivity contribution in [2.24, 2.45) is 0 Å². The van der Waals surface area contributed by atoms with E-state index < -0.39 is 0 Å². The summed E-state index contributed by atoms with van der Waals surface area (Å²) < 4.78 is 0. The Morgan fingerprint density at radius 1 is 1.14 bits per heavy atom. The van der Waals surface area contributed by atoms with Crippen molar-refractivity contribution in [1.82, 2.24) is 15.0 Å². The number of carbonyl (C=O) groups is 1. The van der Waals surface area contributed by atoms with Crippen LogP contribution < -0.4 is 0 Å². The van der Waals surface area contributed by atoms with Crippen LogP contribution in [0.1, 0.15) is 10.4 Å². The lowest BCUT2D eigenvalue weighted by Crippen LogP contribution is -2.01. The number of para-hydroxylation sites is 1. The Hall–Kier alpha value is -1.49. The Bertz CT molecular complexity index is 414. The summed E-state index contributed by atoms with van der Waals surface area (Å²) in [6.07, 6.45) is 3.93. The van der Waals surface area contributed by atoms with E-state index in [1.54, 1.807) is 30.6 Å². The lowest BCUT2D eigenvalue weighted by Gasteiger charge is -2.00. The van der Waals surface area contributed by atoms with E-state index in [0.717, 1.165) is 6.29 Å². The van der Waals surface area contributed by atoms with Crippen molar-refractivity contribution >= 4 is 23.3 Å². The van der Waals surface area contributed by atoms with Crippen LogP contribution in [-0.2, 0) is 0 Å². The molecular weight excluding hydrogens is 246 g/mol. The smallest absolute Gasteiger partial charge is 0.152 e. The normalized spacial score (nSPS) is 9.14. The van der Waals surface area contributed by atoms with E-state index in [-0.39, 0.29) is 17.0 Å². The number of nitrogens with zero attached hydrogens (tertiary/aromatic N) is 3. The van der Waals surface area contributed by atoms with Gasteiger partial charge in [0.15, 0.2) is 6.29 Å². The molecule has 0 saturated carbocycles. The van der Waals surface area contributed by atoms with Crippen molar-refractivity contribution in [3.8, 4) is 5.69 Å². The van der Waals surface area contributed by atoms with E-state index in [2.05, 4.69) is 10.2 Å². The third-order valence-corrected chi connectivity index (χ3v) is 1.70. The van der Waals surface area contributed by atoms with E-state index >= 15 is 0 Å². The van der Waals surface area contributed by atoms with Crippen LogP contribution in [0.15, 0.2) is 36.7 Å². The number of carbonyl (C=O) groups excluding carboxylic acids is 1. The highest BCUT2D eigenvalue weighted by Crippen LogP contribution is 2.08. The average molecular weight is 254 g/mol. The molecule has 0 bridgehead atoms. The number of aldehydes is 1. The molecule has 0 spiro atoms. The predicted octanol–water partition coefficient (Wildman–Crippen LogP) is 1.66. The molecule has 2 aromatic rings. The van der Waals surface area contributed by atoms with Crippen LogP contribution >= 0.6 is 17.0 Å². The van der Waals surface area contributed by atoms with E-state index in [1.807, 2.05) is 6.07 Å². The molecule has 4 nitrogen and oxygen atoms in total. The molecule has 0 unspecified atom stereocenters. The number of aromatic nitrogens is 3. The van der Waals surface area contributed by atoms with Crippen molar-refractivity contribution in [2.45, 2.75) is 0 Å². The second-order valence-electron chi connectivity index (χ2n) is 2.50. The van der Waals surface area contributed by atoms with Gasteiger partial charge in [0.2, 0.25) is 0 Å². The molecule has 0 aliphatic carbocycles. The van der Waals surface area contributed by atoms with E-state index in [1.165, 1.54) is 4.80 Å². The van der Waals surface area contributed by atoms with Gasteiger partial charge in [-0.15, -0.1) is 17.0 Å². The molecule has 14 heavy (non-hydrogen) atoms. The van der Waals surface area contributed by atoms with Crippen LogP contribution in [0, 0.1) is 0 Å². The Kier molecular flexibility index (Phi) is 3.53. The highest BCUT2D eigenvalue weighted by Gasteiger charge is 2.02. The molecule has 1 aromatic heterocycles. The lowest BCUT2D eigenvalue weighted by molar-refractivity contribution is 0.112. The number of hydrogen-bond acceptors (Lipinski definition) is 3. The zero-order valence-corrected chi connectivity index (χ0v) is 8.91. The maximum absolute atomic E-state index is 10.7. The van der Waals surface area contributed by atoms with Crippen LogP contribution in [0.3, 0.4) is 0 Å². The first-order valence-electron chi connectivity index (χ1n) is 3.83. The van der Waals surface area contributed by atoms with Crippen molar-refractivity contribution in [2.75, 3.05) is 0 Å². The van der Waals surface area contributed by atoms with Gasteiger partial charge in [-0.1, -0.05) is 12.1 Å². The van der Waals surface area contributed by atoms with Gasteiger partial charge in [-0.25, -0.2) is 0 Å².